The van der Waals surface area contributed by atoms with Gasteiger partial charge in [-0.2, -0.15) is 0 Å². The number of hydrogen-bond acceptors (Lipinski definition) is 4. The van der Waals surface area contributed by atoms with Gasteiger partial charge in [0.15, 0.2) is 5.41 Å². The molecule has 1 heterocycles. The maximum absolute atomic E-state index is 13.6. The average Bonchev–Trinajstić information content (AvgIpc) is 3.21. The van der Waals surface area contributed by atoms with Gasteiger partial charge in [-0.05, 0) is 17.2 Å². The molecule has 0 spiro atoms. The van der Waals surface area contributed by atoms with E-state index in [2.05, 4.69) is 4.98 Å². The van der Waals surface area contributed by atoms with Crippen molar-refractivity contribution in [2.24, 2.45) is 0 Å². The van der Waals surface area contributed by atoms with Crippen LogP contribution in [0.1, 0.15) is 16.7 Å². The predicted molar refractivity (Wildman–Crippen MR) is 114 cm³/mol. The zero-order valence-corrected chi connectivity index (χ0v) is 16.2. The lowest BCUT2D eigenvalue weighted by molar-refractivity contribution is -0.486. The second-order valence-corrected chi connectivity index (χ2v) is 7.07. The van der Waals surface area contributed by atoms with Gasteiger partial charge in [-0.1, -0.05) is 78.9 Å². The van der Waals surface area contributed by atoms with Crippen LogP contribution in [-0.4, -0.2) is 22.4 Å². The van der Waals surface area contributed by atoms with Crippen LogP contribution in [0.5, 0.6) is 0 Å². The summed E-state index contributed by atoms with van der Waals surface area (Å²) in [6.45, 7) is -0.583. The largest absolute Gasteiger partial charge is 0.460 e. The molecule has 0 radical (unpaired) electrons. The molecule has 0 aliphatic rings. The van der Waals surface area contributed by atoms with Crippen molar-refractivity contribution in [3.63, 3.8) is 0 Å². The number of rotatable bonds is 7. The molecular formula is C24H20N2O4. The summed E-state index contributed by atoms with van der Waals surface area (Å²) in [7, 11) is 0. The van der Waals surface area contributed by atoms with Gasteiger partial charge >= 0.3 is 5.97 Å². The highest BCUT2D eigenvalue weighted by atomic mass is 16.6. The topological polar surface area (TPSA) is 85.2 Å². The van der Waals surface area contributed by atoms with Crippen molar-refractivity contribution in [3.05, 3.63) is 118 Å². The van der Waals surface area contributed by atoms with Crippen LogP contribution in [0.25, 0.3) is 10.9 Å². The van der Waals surface area contributed by atoms with Crippen molar-refractivity contribution in [3.8, 4) is 0 Å². The number of nitrogens with zero attached hydrogens (tertiary/aromatic N) is 1. The van der Waals surface area contributed by atoms with Crippen LogP contribution in [0, 0.1) is 10.1 Å². The lowest BCUT2D eigenvalue weighted by Crippen LogP contribution is -2.44. The zero-order chi connectivity index (χ0) is 21.0. The number of benzene rings is 3. The van der Waals surface area contributed by atoms with E-state index in [1.165, 1.54) is 0 Å². The Labute approximate surface area is 173 Å². The summed E-state index contributed by atoms with van der Waals surface area (Å²) in [5, 5.41) is 12.5. The van der Waals surface area contributed by atoms with Gasteiger partial charge in [0, 0.05) is 27.6 Å². The Kier molecular flexibility index (Phi) is 5.30. The SMILES string of the molecule is O=C(OCc1ccccc1)[C@](C[N+](=O)[O-])(c1ccccc1)c1c[nH]c2ccccc12. The fourth-order valence-corrected chi connectivity index (χ4v) is 3.81. The van der Waals surface area contributed by atoms with Crippen LogP contribution in [0.3, 0.4) is 0 Å². The van der Waals surface area contributed by atoms with E-state index in [1.807, 2.05) is 60.7 Å². The number of para-hydroxylation sites is 1. The van der Waals surface area contributed by atoms with E-state index in [0.29, 0.717) is 11.1 Å². The van der Waals surface area contributed by atoms with Crippen LogP contribution in [-0.2, 0) is 21.6 Å². The molecule has 0 saturated carbocycles. The maximum atomic E-state index is 13.6. The van der Waals surface area contributed by atoms with Gasteiger partial charge in [-0.3, -0.25) is 14.9 Å². The third-order valence-electron chi connectivity index (χ3n) is 5.24. The first kappa shape index (κ1) is 19.4. The summed E-state index contributed by atoms with van der Waals surface area (Å²) in [4.78, 5) is 28.0. The van der Waals surface area contributed by atoms with Crippen LogP contribution in [0.2, 0.25) is 0 Å². The fourth-order valence-electron chi connectivity index (χ4n) is 3.81. The Morgan fingerprint density at radius 2 is 1.57 bits per heavy atom. The highest BCUT2D eigenvalue weighted by Gasteiger charge is 2.50. The van der Waals surface area contributed by atoms with Crippen molar-refractivity contribution in [2.75, 3.05) is 6.54 Å². The zero-order valence-electron chi connectivity index (χ0n) is 16.2. The summed E-state index contributed by atoms with van der Waals surface area (Å²) in [6, 6.07) is 25.5. The Morgan fingerprint density at radius 3 is 2.27 bits per heavy atom. The van der Waals surface area contributed by atoms with Crippen molar-refractivity contribution < 1.29 is 14.5 Å². The molecule has 0 saturated heterocycles. The number of ether oxygens (including phenoxy) is 1. The smallest absolute Gasteiger partial charge is 0.328 e. The monoisotopic (exact) mass is 400 g/mol. The van der Waals surface area contributed by atoms with E-state index < -0.39 is 22.9 Å². The minimum atomic E-state index is -1.58. The third kappa shape index (κ3) is 3.55. The Morgan fingerprint density at radius 1 is 0.933 bits per heavy atom. The van der Waals surface area contributed by atoms with Gasteiger partial charge in [0.05, 0.1) is 0 Å². The standard InChI is InChI=1S/C24H20N2O4/c27-23(30-16-18-9-3-1-4-10-18)24(17-26(28)29,19-11-5-2-6-12-19)21-15-25-22-14-8-7-13-20(21)22/h1-15,25H,16-17H2/t24-/m1/s1. The molecule has 0 bridgehead atoms. The second kappa shape index (κ2) is 8.21. The molecule has 0 aliphatic carbocycles. The van der Waals surface area contributed by atoms with E-state index in [1.54, 1.807) is 30.5 Å². The number of aromatic nitrogens is 1. The van der Waals surface area contributed by atoms with Gasteiger partial charge in [0.2, 0.25) is 6.54 Å². The third-order valence-corrected chi connectivity index (χ3v) is 5.24. The molecule has 3 aromatic carbocycles. The first-order valence-corrected chi connectivity index (χ1v) is 9.56. The molecule has 1 atom stereocenters. The van der Waals surface area contributed by atoms with Crippen LogP contribution in [0.4, 0.5) is 0 Å². The molecule has 150 valence electrons. The Balaban J connectivity index is 1.86. The quantitative estimate of drug-likeness (QED) is 0.282. The number of aromatic amines is 1. The fraction of sp³-hybridized carbons (Fsp3) is 0.125. The van der Waals surface area contributed by atoms with Crippen molar-refractivity contribution in [1.82, 2.24) is 4.98 Å². The summed E-state index contributed by atoms with van der Waals surface area (Å²) >= 11 is 0. The van der Waals surface area contributed by atoms with Crippen molar-refractivity contribution in [1.29, 1.82) is 0 Å². The highest BCUT2D eigenvalue weighted by Crippen LogP contribution is 2.38. The number of esters is 1. The van der Waals surface area contributed by atoms with Crippen molar-refractivity contribution >= 4 is 16.9 Å². The number of nitro groups is 1. The average molecular weight is 400 g/mol. The number of H-pyrrole nitrogens is 1. The number of hydrogen-bond donors (Lipinski definition) is 1. The van der Waals surface area contributed by atoms with Gasteiger partial charge in [0.1, 0.15) is 6.61 Å². The van der Waals surface area contributed by atoms with Gasteiger partial charge in [-0.15, -0.1) is 0 Å². The first-order chi connectivity index (χ1) is 14.6. The molecule has 0 amide bonds. The number of nitrogens with one attached hydrogen (secondary N) is 1. The minimum Gasteiger partial charge on any atom is -0.460 e. The minimum absolute atomic E-state index is 0.0360. The normalized spacial score (nSPS) is 12.9. The van der Waals surface area contributed by atoms with Crippen LogP contribution >= 0.6 is 0 Å². The predicted octanol–water partition coefficient (Wildman–Crippen LogP) is 4.47. The van der Waals surface area contributed by atoms with Gasteiger partial charge in [-0.25, -0.2) is 0 Å². The Bertz CT molecular complexity index is 1170. The molecule has 6 heteroatoms. The van der Waals surface area contributed by atoms with Gasteiger partial charge in [0.25, 0.3) is 0 Å². The summed E-state index contributed by atoms with van der Waals surface area (Å²) in [5.74, 6) is -0.654. The van der Waals surface area contributed by atoms with Crippen LogP contribution in [0.15, 0.2) is 91.1 Å². The number of carbonyl (C=O) groups is 1. The molecule has 0 aliphatic heterocycles. The highest BCUT2D eigenvalue weighted by molar-refractivity contribution is 5.95. The summed E-state index contributed by atoms with van der Waals surface area (Å²) in [5.41, 5.74) is 1.07. The molecular weight excluding hydrogens is 380 g/mol. The number of fused-ring (bicyclic) bond motifs is 1. The molecule has 1 N–H and O–H groups in total. The summed E-state index contributed by atoms with van der Waals surface area (Å²) < 4.78 is 5.66. The number of carbonyl (C=O) groups excluding carboxylic acids is 1. The molecule has 6 nitrogen and oxygen atoms in total. The molecule has 30 heavy (non-hydrogen) atoms. The van der Waals surface area contributed by atoms with E-state index in [0.717, 1.165) is 16.5 Å². The molecule has 0 unspecified atom stereocenters. The van der Waals surface area contributed by atoms with E-state index in [9.17, 15) is 14.9 Å². The van der Waals surface area contributed by atoms with Crippen LogP contribution < -0.4 is 0 Å². The lowest BCUT2D eigenvalue weighted by atomic mass is 9.74. The van der Waals surface area contributed by atoms with E-state index in [4.69, 9.17) is 4.74 Å². The molecule has 1 aromatic heterocycles. The van der Waals surface area contributed by atoms with Gasteiger partial charge < -0.3 is 9.72 Å². The molecule has 0 fully saturated rings. The molecule has 4 aromatic rings. The second-order valence-electron chi connectivity index (χ2n) is 7.07. The van der Waals surface area contributed by atoms with E-state index >= 15 is 0 Å². The Hall–Kier alpha value is -3.93. The lowest BCUT2D eigenvalue weighted by Gasteiger charge is -2.28. The maximum Gasteiger partial charge on any atom is 0.328 e. The first-order valence-electron chi connectivity index (χ1n) is 9.56. The van der Waals surface area contributed by atoms with E-state index in [-0.39, 0.29) is 6.61 Å². The van der Waals surface area contributed by atoms with Crippen molar-refractivity contribution in [2.45, 2.75) is 12.0 Å². The molecule has 4 rings (SSSR count). The summed E-state index contributed by atoms with van der Waals surface area (Å²) in [6.07, 6.45) is 1.67.